The molecule has 3 rings (SSSR count). The molecule has 88 valence electrons. The molecule has 0 bridgehead atoms. The van der Waals surface area contributed by atoms with E-state index in [0.717, 1.165) is 23.2 Å². The monoisotopic (exact) mass is 263 g/mol. The molecule has 2 heterocycles. The molecule has 1 atom stereocenters. The van der Waals surface area contributed by atoms with Gasteiger partial charge in [0.15, 0.2) is 0 Å². The summed E-state index contributed by atoms with van der Waals surface area (Å²) in [5.41, 5.74) is 1.48. The first-order chi connectivity index (χ1) is 8.31. The molecule has 17 heavy (non-hydrogen) atoms. The summed E-state index contributed by atoms with van der Waals surface area (Å²) in [6.45, 7) is 1.93. The molecule has 0 radical (unpaired) electrons. The van der Waals surface area contributed by atoms with Crippen molar-refractivity contribution in [1.29, 1.82) is 0 Å². The van der Waals surface area contributed by atoms with Crippen molar-refractivity contribution in [3.63, 3.8) is 0 Å². The van der Waals surface area contributed by atoms with Crippen molar-refractivity contribution in [2.45, 2.75) is 28.6 Å². The summed E-state index contributed by atoms with van der Waals surface area (Å²) in [6.07, 6.45) is 1.16. The van der Waals surface area contributed by atoms with Crippen molar-refractivity contribution >= 4 is 23.5 Å². The van der Waals surface area contributed by atoms with Crippen molar-refractivity contribution in [2.24, 2.45) is 0 Å². The van der Waals surface area contributed by atoms with Crippen LogP contribution in [0, 0.1) is 6.92 Å². The topological polar surface area (TPSA) is 41.6 Å². The Balaban J connectivity index is 1.59. The zero-order valence-electron chi connectivity index (χ0n) is 9.51. The summed E-state index contributed by atoms with van der Waals surface area (Å²) in [4.78, 5) is 5.74. The minimum absolute atomic E-state index is 0.649. The van der Waals surface area contributed by atoms with Gasteiger partial charge in [0, 0.05) is 15.9 Å². The van der Waals surface area contributed by atoms with E-state index in [1.54, 1.807) is 11.8 Å². The Labute approximate surface area is 109 Å². The van der Waals surface area contributed by atoms with Crippen molar-refractivity contribution in [3.8, 4) is 0 Å². The minimum Gasteiger partial charge on any atom is -0.262 e. The van der Waals surface area contributed by atoms with Gasteiger partial charge in [-0.3, -0.25) is 5.10 Å². The van der Waals surface area contributed by atoms with Gasteiger partial charge in [0.2, 0.25) is 5.16 Å². The van der Waals surface area contributed by atoms with E-state index in [2.05, 4.69) is 39.4 Å². The first kappa shape index (κ1) is 11.2. The van der Waals surface area contributed by atoms with E-state index in [0.29, 0.717) is 5.25 Å². The molecule has 0 fully saturated rings. The third-order valence-electron chi connectivity index (χ3n) is 2.69. The number of nitrogens with zero attached hydrogens (tertiary/aromatic N) is 2. The normalized spacial score (nSPS) is 18.3. The predicted octanol–water partition coefficient (Wildman–Crippen LogP) is 2.92. The Morgan fingerprint density at radius 3 is 3.12 bits per heavy atom. The lowest BCUT2D eigenvalue weighted by Crippen LogP contribution is -2.04. The molecule has 0 saturated heterocycles. The van der Waals surface area contributed by atoms with Gasteiger partial charge in [-0.05, 0) is 25.0 Å². The second kappa shape index (κ2) is 4.74. The largest absolute Gasteiger partial charge is 0.262 e. The second-order valence-corrected chi connectivity index (χ2v) is 6.40. The van der Waals surface area contributed by atoms with Crippen LogP contribution in [-0.2, 0) is 6.42 Å². The average molecular weight is 263 g/mol. The molecule has 3 nitrogen and oxygen atoms in total. The van der Waals surface area contributed by atoms with E-state index >= 15 is 0 Å². The van der Waals surface area contributed by atoms with Crippen LogP contribution in [-0.4, -0.2) is 26.2 Å². The molecule has 0 spiro atoms. The molecule has 5 heteroatoms. The van der Waals surface area contributed by atoms with Crippen LogP contribution in [0.25, 0.3) is 0 Å². The molecular formula is C12H13N3S2. The van der Waals surface area contributed by atoms with E-state index in [1.807, 2.05) is 18.7 Å². The molecule has 1 aromatic carbocycles. The Morgan fingerprint density at radius 2 is 2.35 bits per heavy atom. The number of aromatic amines is 1. The van der Waals surface area contributed by atoms with Gasteiger partial charge in [0.1, 0.15) is 5.82 Å². The van der Waals surface area contributed by atoms with Crippen molar-refractivity contribution < 1.29 is 0 Å². The van der Waals surface area contributed by atoms with Gasteiger partial charge in [-0.15, -0.1) is 16.9 Å². The molecule has 0 aliphatic carbocycles. The molecule has 1 aromatic heterocycles. The zero-order valence-corrected chi connectivity index (χ0v) is 11.1. The fraction of sp³-hybridized carbons (Fsp3) is 0.333. The molecular weight excluding hydrogens is 250 g/mol. The highest BCUT2D eigenvalue weighted by molar-refractivity contribution is 8.03. The minimum atomic E-state index is 0.649. The van der Waals surface area contributed by atoms with E-state index in [4.69, 9.17) is 0 Å². The third-order valence-corrected chi connectivity index (χ3v) is 5.23. The number of thioether (sulfide) groups is 2. The summed E-state index contributed by atoms with van der Waals surface area (Å²) >= 11 is 3.71. The number of rotatable bonds is 3. The highest BCUT2D eigenvalue weighted by atomic mass is 32.2. The summed E-state index contributed by atoms with van der Waals surface area (Å²) in [5, 5.41) is 8.53. The quantitative estimate of drug-likeness (QED) is 0.865. The lowest BCUT2D eigenvalue weighted by atomic mass is 10.1. The smallest absolute Gasteiger partial charge is 0.208 e. The fourth-order valence-electron chi connectivity index (χ4n) is 1.90. The zero-order chi connectivity index (χ0) is 11.7. The predicted molar refractivity (Wildman–Crippen MR) is 71.6 cm³/mol. The number of benzene rings is 1. The molecule has 0 saturated carbocycles. The van der Waals surface area contributed by atoms with Crippen LogP contribution in [0.15, 0.2) is 34.3 Å². The van der Waals surface area contributed by atoms with Gasteiger partial charge in [0.25, 0.3) is 0 Å². The summed E-state index contributed by atoms with van der Waals surface area (Å²) < 4.78 is 0. The Morgan fingerprint density at radius 1 is 1.47 bits per heavy atom. The number of fused-ring (bicyclic) bond motifs is 1. The molecule has 1 aliphatic rings. The molecule has 1 N–H and O–H groups in total. The van der Waals surface area contributed by atoms with Crippen LogP contribution in [0.2, 0.25) is 0 Å². The van der Waals surface area contributed by atoms with Gasteiger partial charge in [0.05, 0.1) is 0 Å². The standard InChI is InChI=1S/C12H13N3S2/c1-8-13-12(15-14-8)16-7-10-6-9-4-2-3-5-11(9)17-10/h2-5,10H,6-7H2,1H3,(H,13,14,15). The van der Waals surface area contributed by atoms with Gasteiger partial charge in [-0.2, -0.15) is 0 Å². The van der Waals surface area contributed by atoms with Gasteiger partial charge >= 0.3 is 0 Å². The summed E-state index contributed by atoms with van der Waals surface area (Å²) in [6, 6.07) is 8.67. The second-order valence-electron chi connectivity index (χ2n) is 4.07. The number of aromatic nitrogens is 3. The Hall–Kier alpha value is -0.940. The van der Waals surface area contributed by atoms with Crippen LogP contribution in [0.4, 0.5) is 0 Å². The number of nitrogens with one attached hydrogen (secondary N) is 1. The van der Waals surface area contributed by atoms with Crippen LogP contribution < -0.4 is 0 Å². The van der Waals surface area contributed by atoms with Crippen LogP contribution in [0.3, 0.4) is 0 Å². The van der Waals surface area contributed by atoms with Gasteiger partial charge in [-0.1, -0.05) is 30.0 Å². The first-order valence-electron chi connectivity index (χ1n) is 5.57. The van der Waals surface area contributed by atoms with Crippen LogP contribution >= 0.6 is 23.5 Å². The lowest BCUT2D eigenvalue weighted by Gasteiger charge is -2.04. The lowest BCUT2D eigenvalue weighted by molar-refractivity contribution is 0.946. The van der Waals surface area contributed by atoms with E-state index in [9.17, 15) is 0 Å². The van der Waals surface area contributed by atoms with Crippen molar-refractivity contribution in [2.75, 3.05) is 5.75 Å². The van der Waals surface area contributed by atoms with E-state index in [1.165, 1.54) is 10.5 Å². The van der Waals surface area contributed by atoms with Crippen LogP contribution in [0.1, 0.15) is 11.4 Å². The maximum Gasteiger partial charge on any atom is 0.208 e. The molecule has 1 aliphatic heterocycles. The van der Waals surface area contributed by atoms with E-state index in [-0.39, 0.29) is 0 Å². The first-order valence-corrected chi connectivity index (χ1v) is 7.44. The maximum atomic E-state index is 4.31. The molecule has 1 unspecified atom stereocenters. The summed E-state index contributed by atoms with van der Waals surface area (Å²) in [5.74, 6) is 1.95. The number of aryl methyl sites for hydroxylation is 1. The van der Waals surface area contributed by atoms with Gasteiger partial charge in [-0.25, -0.2) is 4.98 Å². The maximum absolute atomic E-state index is 4.31. The fourth-order valence-corrected chi connectivity index (χ4v) is 4.22. The van der Waals surface area contributed by atoms with Crippen molar-refractivity contribution in [3.05, 3.63) is 35.7 Å². The van der Waals surface area contributed by atoms with E-state index < -0.39 is 0 Å². The Bertz CT molecular complexity index is 499. The Kier molecular flexibility index (Phi) is 3.11. The third kappa shape index (κ3) is 2.50. The van der Waals surface area contributed by atoms with Crippen LogP contribution in [0.5, 0.6) is 0 Å². The molecule has 0 amide bonds. The SMILES string of the molecule is Cc1nc(SCC2Cc3ccccc3S2)n[nH]1. The van der Waals surface area contributed by atoms with Gasteiger partial charge < -0.3 is 0 Å². The number of hydrogen-bond acceptors (Lipinski definition) is 4. The number of H-pyrrole nitrogens is 1. The number of hydrogen-bond donors (Lipinski definition) is 1. The highest BCUT2D eigenvalue weighted by Gasteiger charge is 2.22. The molecule has 2 aromatic rings. The highest BCUT2D eigenvalue weighted by Crippen LogP contribution is 2.38. The van der Waals surface area contributed by atoms with Crippen molar-refractivity contribution in [1.82, 2.24) is 15.2 Å². The summed E-state index contributed by atoms with van der Waals surface area (Å²) in [7, 11) is 0. The average Bonchev–Trinajstić information content (AvgIpc) is 2.91.